The zero-order valence-corrected chi connectivity index (χ0v) is 24.8. The Balaban J connectivity index is 1.40. The first kappa shape index (κ1) is 33.5. The van der Waals surface area contributed by atoms with E-state index in [4.69, 9.17) is 4.74 Å². The van der Waals surface area contributed by atoms with Gasteiger partial charge < -0.3 is 29.9 Å². The van der Waals surface area contributed by atoms with E-state index in [9.17, 15) is 45.8 Å². The molecule has 1 saturated heterocycles. The van der Waals surface area contributed by atoms with E-state index in [0.29, 0.717) is 6.20 Å². The number of H-pyrrole nitrogens is 1. The van der Waals surface area contributed by atoms with E-state index in [0.717, 1.165) is 17.2 Å². The fourth-order valence-electron chi connectivity index (χ4n) is 4.87. The van der Waals surface area contributed by atoms with Crippen LogP contribution in [0.4, 0.5) is 43.5 Å². The number of aromatic amines is 1. The van der Waals surface area contributed by atoms with Gasteiger partial charge in [-0.2, -0.15) is 31.4 Å². The molecule has 44 heavy (non-hydrogen) atoms. The van der Waals surface area contributed by atoms with Gasteiger partial charge in [0.1, 0.15) is 5.56 Å². The van der Waals surface area contributed by atoms with E-state index in [1.165, 1.54) is 16.7 Å². The predicted octanol–water partition coefficient (Wildman–Crippen LogP) is 1.22. The lowest BCUT2D eigenvalue weighted by Gasteiger charge is -2.52. The molecule has 2 aromatic rings. The van der Waals surface area contributed by atoms with Crippen molar-refractivity contribution in [2.45, 2.75) is 35.7 Å². The van der Waals surface area contributed by atoms with Crippen molar-refractivity contribution in [2.75, 3.05) is 61.1 Å². The summed E-state index contributed by atoms with van der Waals surface area (Å²) in [6, 6.07) is 0.779. The summed E-state index contributed by atoms with van der Waals surface area (Å²) in [7, 11) is 3.27. The third-order valence-corrected chi connectivity index (χ3v) is 7.68. The number of ether oxygens (including phenoxy) is 1. The molecule has 4 heterocycles. The molecule has 0 bridgehead atoms. The first-order valence-electron chi connectivity index (χ1n) is 12.9. The Morgan fingerprint density at radius 3 is 2.55 bits per heavy atom. The van der Waals surface area contributed by atoms with E-state index < -0.39 is 63.2 Å². The molecule has 239 valence electrons. The maximum Gasteiger partial charge on any atom is 0.423 e. The SMILES string of the molecule is C[C@]([Si])(COCCC(=O)N1CCN2c3ncc(C(F)(F)F)cc3N(CCO)C(=O)[C@@]2(S)C1)Nc1cn[nH]c(=O)c1C(F)(F)F. The molecular weight excluding hydrogens is 640 g/mol. The Hall–Kier alpha value is -3.36. The van der Waals surface area contributed by atoms with Crippen LogP contribution >= 0.6 is 12.6 Å². The van der Waals surface area contributed by atoms with Crippen LogP contribution in [0, 0.1) is 0 Å². The molecule has 2 aliphatic rings. The number of amides is 2. The number of piperazine rings is 1. The summed E-state index contributed by atoms with van der Waals surface area (Å²) in [4.78, 5) is 44.2. The number of alkyl halides is 6. The van der Waals surface area contributed by atoms with Gasteiger partial charge in [-0.05, 0) is 13.0 Å². The first-order valence-corrected chi connectivity index (χ1v) is 13.9. The summed E-state index contributed by atoms with van der Waals surface area (Å²) in [5.41, 5.74) is -4.70. The van der Waals surface area contributed by atoms with Gasteiger partial charge >= 0.3 is 12.4 Å². The van der Waals surface area contributed by atoms with Gasteiger partial charge in [-0.3, -0.25) is 14.4 Å². The van der Waals surface area contributed by atoms with Gasteiger partial charge in [-0.15, -0.1) is 12.6 Å². The number of nitrogens with zero attached hydrogens (tertiary/aromatic N) is 5. The molecular formula is C24H26F6N7O5SSi. The van der Waals surface area contributed by atoms with Crippen molar-refractivity contribution in [2.24, 2.45) is 0 Å². The van der Waals surface area contributed by atoms with Crippen LogP contribution < -0.4 is 20.7 Å². The minimum Gasteiger partial charge on any atom is -0.395 e. The smallest absolute Gasteiger partial charge is 0.395 e. The molecule has 0 saturated carbocycles. The van der Waals surface area contributed by atoms with Crippen LogP contribution in [-0.2, 0) is 26.7 Å². The van der Waals surface area contributed by atoms with Gasteiger partial charge in [0, 0.05) is 31.0 Å². The maximum absolute atomic E-state index is 13.5. The molecule has 4 rings (SSSR count). The van der Waals surface area contributed by atoms with Crippen molar-refractivity contribution in [3.63, 3.8) is 0 Å². The second-order valence-electron chi connectivity index (χ2n) is 10.3. The molecule has 2 atom stereocenters. The summed E-state index contributed by atoms with van der Waals surface area (Å²) in [5, 5.41) is 15.8. The van der Waals surface area contributed by atoms with E-state index >= 15 is 0 Å². The van der Waals surface area contributed by atoms with Gasteiger partial charge in [0.15, 0.2) is 10.7 Å². The number of anilines is 3. The van der Waals surface area contributed by atoms with E-state index in [1.54, 1.807) is 5.10 Å². The fourth-order valence-corrected chi connectivity index (χ4v) is 5.59. The van der Waals surface area contributed by atoms with Gasteiger partial charge in [0.2, 0.25) is 5.91 Å². The minimum atomic E-state index is -4.96. The van der Waals surface area contributed by atoms with Crippen LogP contribution in [0.2, 0.25) is 0 Å². The quantitative estimate of drug-likeness (QED) is 0.135. The number of carbonyl (C=O) groups excluding carboxylic acids is 2. The molecule has 0 spiro atoms. The largest absolute Gasteiger partial charge is 0.423 e. The molecule has 2 aliphatic heterocycles. The molecule has 3 N–H and O–H groups in total. The fraction of sp³-hybridized carbons (Fsp3) is 0.542. The van der Waals surface area contributed by atoms with E-state index in [-0.39, 0.29) is 57.3 Å². The third-order valence-electron chi connectivity index (χ3n) is 6.84. The Kier molecular flexibility index (Phi) is 9.30. The van der Waals surface area contributed by atoms with Gasteiger partial charge in [-0.25, -0.2) is 10.1 Å². The number of pyridine rings is 1. The molecule has 2 amide bonds. The number of aliphatic hydroxyl groups excluding tert-OH is 1. The number of aliphatic hydroxyl groups is 1. The number of thiol groups is 1. The average molecular weight is 667 g/mol. The Morgan fingerprint density at radius 1 is 1.20 bits per heavy atom. The van der Waals surface area contributed by atoms with Crippen LogP contribution in [-0.4, -0.2) is 103 Å². The van der Waals surface area contributed by atoms with Gasteiger partial charge in [0.05, 0.1) is 66.2 Å². The Morgan fingerprint density at radius 2 is 1.91 bits per heavy atom. The summed E-state index contributed by atoms with van der Waals surface area (Å²) in [6.07, 6.45) is -8.43. The second kappa shape index (κ2) is 12.2. The summed E-state index contributed by atoms with van der Waals surface area (Å²) in [6.45, 7) is -0.0417. The maximum atomic E-state index is 13.5. The van der Waals surface area contributed by atoms with Crippen LogP contribution in [0.15, 0.2) is 23.3 Å². The van der Waals surface area contributed by atoms with Gasteiger partial charge in [-0.1, -0.05) is 0 Å². The zero-order chi connectivity index (χ0) is 32.7. The molecule has 1 fully saturated rings. The lowest BCUT2D eigenvalue weighted by molar-refractivity contribution is -0.138. The molecule has 3 radical (unpaired) electrons. The number of aromatic nitrogens is 3. The van der Waals surface area contributed by atoms with Crippen LogP contribution in [0.3, 0.4) is 0 Å². The van der Waals surface area contributed by atoms with Crippen LogP contribution in [0.25, 0.3) is 0 Å². The van der Waals surface area contributed by atoms with Crippen molar-refractivity contribution >= 4 is 51.9 Å². The monoisotopic (exact) mass is 666 g/mol. The lowest BCUT2D eigenvalue weighted by Crippen LogP contribution is -2.70. The first-order chi connectivity index (χ1) is 20.4. The Labute approximate surface area is 254 Å². The second-order valence-corrected chi connectivity index (χ2v) is 12.1. The highest BCUT2D eigenvalue weighted by Crippen LogP contribution is 2.45. The van der Waals surface area contributed by atoms with Crippen LogP contribution in [0.1, 0.15) is 24.5 Å². The van der Waals surface area contributed by atoms with Crippen molar-refractivity contribution < 1.29 is 45.8 Å². The molecule has 12 nitrogen and oxygen atoms in total. The topological polar surface area (TPSA) is 144 Å². The standard InChI is InChI=1S/C24H26F6N7O5SSi/c1-21(44,33-14-10-32-34-19(40)17(14)24(28,29)30)12-42-7-2-16(39)35-3-4-37-18-15(8-13(9-31-18)23(25,26)27)36(5-6-38)20(41)22(37,43)11-35/h8-10,38,43H,2-7,11-12H2,1H3,(H2,33,34,40)/t21-,22-/m0/s1. The highest BCUT2D eigenvalue weighted by atomic mass is 32.1. The molecule has 0 aliphatic carbocycles. The van der Waals surface area contributed by atoms with Gasteiger partial charge in [0.25, 0.3) is 11.5 Å². The summed E-state index contributed by atoms with van der Waals surface area (Å²) in [5.74, 6) is -1.15. The lowest BCUT2D eigenvalue weighted by atomic mass is 10.0. The molecule has 0 aromatic carbocycles. The molecule has 2 aromatic heterocycles. The van der Waals surface area contributed by atoms with E-state index in [1.807, 2.05) is 0 Å². The third kappa shape index (κ3) is 6.81. The normalized spacial score (nSPS) is 20.2. The molecule has 20 heteroatoms. The highest BCUT2D eigenvalue weighted by molar-refractivity contribution is 7.83. The molecule has 0 unspecified atom stereocenters. The number of halogens is 6. The van der Waals surface area contributed by atoms with Crippen molar-refractivity contribution in [1.29, 1.82) is 0 Å². The van der Waals surface area contributed by atoms with Crippen molar-refractivity contribution in [3.8, 4) is 0 Å². The summed E-state index contributed by atoms with van der Waals surface area (Å²) >= 11 is 4.56. The number of fused-ring (bicyclic) bond motifs is 3. The zero-order valence-electron chi connectivity index (χ0n) is 22.9. The van der Waals surface area contributed by atoms with Crippen molar-refractivity contribution in [1.82, 2.24) is 20.1 Å². The number of hydrogen-bond donors (Lipinski definition) is 4. The predicted molar refractivity (Wildman–Crippen MR) is 147 cm³/mol. The summed E-state index contributed by atoms with van der Waals surface area (Å²) < 4.78 is 85.5. The number of hydrogen-bond acceptors (Lipinski definition) is 10. The minimum absolute atomic E-state index is 0.00899. The van der Waals surface area contributed by atoms with E-state index in [2.05, 4.69) is 38.3 Å². The number of β-amino-alcohol motifs (C(OH)–C–C–N with tert-alkyl or cyclic N) is 1. The number of carbonyl (C=O) groups is 2. The number of nitrogens with one attached hydrogen (secondary N) is 2. The highest BCUT2D eigenvalue weighted by Gasteiger charge is 2.53. The van der Waals surface area contributed by atoms with Crippen molar-refractivity contribution in [3.05, 3.63) is 39.9 Å². The average Bonchev–Trinajstić information content (AvgIpc) is 2.91. The van der Waals surface area contributed by atoms with Crippen LogP contribution in [0.5, 0.6) is 0 Å². The number of rotatable bonds is 9. The Bertz CT molecular complexity index is 1480.